The van der Waals surface area contributed by atoms with Crippen LogP contribution in [0, 0.1) is 6.92 Å². The Morgan fingerprint density at radius 1 is 1.56 bits per heavy atom. The number of halogens is 1. The first-order chi connectivity index (χ1) is 8.49. The van der Waals surface area contributed by atoms with Gasteiger partial charge in [0, 0.05) is 11.7 Å². The number of rotatable bonds is 5. The lowest BCUT2D eigenvalue weighted by molar-refractivity contribution is 0.0690. The van der Waals surface area contributed by atoms with Crippen molar-refractivity contribution in [3.63, 3.8) is 0 Å². The molecule has 0 unspecified atom stereocenters. The van der Waals surface area contributed by atoms with E-state index in [0.717, 1.165) is 23.1 Å². The second-order valence-corrected chi connectivity index (χ2v) is 6.32. The predicted octanol–water partition coefficient (Wildman–Crippen LogP) is 3.36. The second-order valence-electron chi connectivity index (χ2n) is 4.23. The molecule has 0 aromatic carbocycles. The highest BCUT2D eigenvalue weighted by Gasteiger charge is 2.29. The van der Waals surface area contributed by atoms with Crippen molar-refractivity contribution in [3.05, 3.63) is 28.1 Å². The molecule has 1 N–H and O–H groups in total. The Morgan fingerprint density at radius 2 is 2.22 bits per heavy atom. The summed E-state index contributed by atoms with van der Waals surface area (Å²) in [6.07, 6.45) is 2.20. The van der Waals surface area contributed by atoms with Gasteiger partial charge in [0.1, 0.15) is 16.4 Å². The lowest BCUT2D eigenvalue weighted by atomic mass is 10.2. The van der Waals surface area contributed by atoms with Crippen LogP contribution in [0.4, 0.5) is 0 Å². The number of thioether (sulfide) groups is 1. The van der Waals surface area contributed by atoms with Gasteiger partial charge in [-0.25, -0.2) is 14.8 Å². The molecule has 1 heterocycles. The van der Waals surface area contributed by atoms with E-state index in [9.17, 15) is 9.90 Å². The van der Waals surface area contributed by atoms with Crippen LogP contribution >= 0.6 is 27.7 Å². The largest absolute Gasteiger partial charge is 0.478 e. The van der Waals surface area contributed by atoms with E-state index in [0.29, 0.717) is 22.4 Å². The number of carboxylic acids is 1. The summed E-state index contributed by atoms with van der Waals surface area (Å²) in [7, 11) is 0. The van der Waals surface area contributed by atoms with Crippen molar-refractivity contribution in [1.29, 1.82) is 0 Å². The Hall–Kier alpha value is -0.880. The minimum Gasteiger partial charge on any atom is -0.478 e. The SMILES string of the molecule is C=C(Br)CSc1nc(C2CC2)nc(C)c1C(=O)O. The van der Waals surface area contributed by atoms with Crippen LogP contribution in [-0.4, -0.2) is 26.8 Å². The third-order valence-electron chi connectivity index (χ3n) is 2.60. The fraction of sp³-hybridized carbons (Fsp3) is 0.417. The molecule has 0 amide bonds. The highest BCUT2D eigenvalue weighted by atomic mass is 79.9. The van der Waals surface area contributed by atoms with Crippen LogP contribution in [-0.2, 0) is 0 Å². The fourth-order valence-corrected chi connectivity index (χ4v) is 2.76. The van der Waals surface area contributed by atoms with Gasteiger partial charge in [-0.2, -0.15) is 0 Å². The molecule has 0 radical (unpaired) electrons. The zero-order chi connectivity index (χ0) is 13.3. The predicted molar refractivity (Wildman–Crippen MR) is 74.5 cm³/mol. The van der Waals surface area contributed by atoms with Gasteiger partial charge in [0.2, 0.25) is 0 Å². The molecule has 1 aliphatic rings. The summed E-state index contributed by atoms with van der Waals surface area (Å²) < 4.78 is 0.813. The Bertz CT molecular complexity index is 515. The van der Waals surface area contributed by atoms with E-state index in [1.165, 1.54) is 11.8 Å². The van der Waals surface area contributed by atoms with Crippen molar-refractivity contribution in [2.45, 2.75) is 30.7 Å². The monoisotopic (exact) mass is 328 g/mol. The Balaban J connectivity index is 2.37. The lowest BCUT2D eigenvalue weighted by Crippen LogP contribution is -2.09. The quantitative estimate of drug-likeness (QED) is 0.663. The van der Waals surface area contributed by atoms with Crippen LogP contribution in [0.15, 0.2) is 16.1 Å². The minimum atomic E-state index is -0.975. The van der Waals surface area contributed by atoms with Crippen LogP contribution in [0.25, 0.3) is 0 Å². The standard InChI is InChI=1S/C12H13BrN2O2S/c1-6(13)5-18-11-9(12(16)17)7(2)14-10(15-11)8-3-4-8/h8H,1,3-5H2,2H3,(H,16,17). The highest BCUT2D eigenvalue weighted by Crippen LogP contribution is 2.39. The molecule has 1 aromatic heterocycles. The van der Waals surface area contributed by atoms with E-state index in [-0.39, 0.29) is 5.56 Å². The maximum absolute atomic E-state index is 11.3. The van der Waals surface area contributed by atoms with Gasteiger partial charge in [0.15, 0.2) is 0 Å². The van der Waals surface area contributed by atoms with E-state index in [1.54, 1.807) is 6.92 Å². The molecule has 6 heteroatoms. The number of hydrogen-bond donors (Lipinski definition) is 1. The zero-order valence-corrected chi connectivity index (χ0v) is 12.3. The first kappa shape index (κ1) is 13.5. The number of aromatic nitrogens is 2. The summed E-state index contributed by atoms with van der Waals surface area (Å²) in [6.45, 7) is 5.47. The molecular weight excluding hydrogens is 316 g/mol. The van der Waals surface area contributed by atoms with E-state index in [4.69, 9.17) is 0 Å². The Morgan fingerprint density at radius 3 is 2.72 bits per heavy atom. The third kappa shape index (κ3) is 3.11. The molecule has 1 fully saturated rings. The van der Waals surface area contributed by atoms with Crippen molar-refractivity contribution in [1.82, 2.24) is 9.97 Å². The molecule has 1 aromatic rings. The van der Waals surface area contributed by atoms with Gasteiger partial charge in [-0.3, -0.25) is 0 Å². The first-order valence-corrected chi connectivity index (χ1v) is 7.34. The third-order valence-corrected chi connectivity index (χ3v) is 4.31. The van der Waals surface area contributed by atoms with Crippen molar-refractivity contribution in [2.75, 3.05) is 5.75 Å². The summed E-state index contributed by atoms with van der Waals surface area (Å²) >= 11 is 4.64. The normalized spacial score (nSPS) is 14.6. The molecule has 1 saturated carbocycles. The lowest BCUT2D eigenvalue weighted by Gasteiger charge is -2.09. The van der Waals surface area contributed by atoms with Gasteiger partial charge in [-0.05, 0) is 24.2 Å². The van der Waals surface area contributed by atoms with Crippen LogP contribution in [0.3, 0.4) is 0 Å². The summed E-state index contributed by atoms with van der Waals surface area (Å²) in [4.78, 5) is 20.0. The number of carboxylic acid groups (broad SMARTS) is 1. The van der Waals surface area contributed by atoms with Crippen LogP contribution < -0.4 is 0 Å². The second kappa shape index (κ2) is 5.40. The van der Waals surface area contributed by atoms with Gasteiger partial charge in [-0.1, -0.05) is 22.5 Å². The molecule has 0 atom stereocenters. The van der Waals surface area contributed by atoms with Crippen molar-refractivity contribution in [2.24, 2.45) is 0 Å². The van der Waals surface area contributed by atoms with E-state index >= 15 is 0 Å². The molecule has 0 aliphatic heterocycles. The molecule has 96 valence electrons. The maximum Gasteiger partial charge on any atom is 0.340 e. The Kier molecular flexibility index (Phi) is 4.07. The zero-order valence-electron chi connectivity index (χ0n) is 9.94. The molecule has 0 saturated heterocycles. The van der Waals surface area contributed by atoms with Gasteiger partial charge >= 0.3 is 5.97 Å². The molecule has 4 nitrogen and oxygen atoms in total. The smallest absolute Gasteiger partial charge is 0.340 e. The molecule has 0 spiro atoms. The van der Waals surface area contributed by atoms with Gasteiger partial charge in [0.05, 0.1) is 5.69 Å². The first-order valence-electron chi connectivity index (χ1n) is 5.57. The molecular formula is C12H13BrN2O2S. The Labute approximate surface area is 118 Å². The molecule has 2 rings (SSSR count). The van der Waals surface area contributed by atoms with E-state index in [2.05, 4.69) is 32.5 Å². The number of carbonyl (C=O) groups is 1. The molecule has 0 bridgehead atoms. The summed E-state index contributed by atoms with van der Waals surface area (Å²) in [5.74, 6) is 0.816. The summed E-state index contributed by atoms with van der Waals surface area (Å²) in [5.41, 5.74) is 0.750. The summed E-state index contributed by atoms with van der Waals surface area (Å²) in [6, 6.07) is 0. The summed E-state index contributed by atoms with van der Waals surface area (Å²) in [5, 5.41) is 9.77. The number of aryl methyl sites for hydroxylation is 1. The number of aromatic carboxylic acids is 1. The highest BCUT2D eigenvalue weighted by molar-refractivity contribution is 9.11. The van der Waals surface area contributed by atoms with Crippen molar-refractivity contribution < 1.29 is 9.90 Å². The number of nitrogens with zero attached hydrogens (tertiary/aromatic N) is 2. The number of hydrogen-bond acceptors (Lipinski definition) is 4. The molecule has 18 heavy (non-hydrogen) atoms. The van der Waals surface area contributed by atoms with Crippen LogP contribution in [0.2, 0.25) is 0 Å². The fourth-order valence-electron chi connectivity index (χ4n) is 1.59. The molecule has 1 aliphatic carbocycles. The van der Waals surface area contributed by atoms with Crippen LogP contribution in [0.5, 0.6) is 0 Å². The van der Waals surface area contributed by atoms with Gasteiger partial charge in [0.25, 0.3) is 0 Å². The minimum absolute atomic E-state index is 0.207. The maximum atomic E-state index is 11.3. The average Bonchev–Trinajstić information content (AvgIpc) is 3.08. The van der Waals surface area contributed by atoms with Gasteiger partial charge in [-0.15, -0.1) is 11.8 Å². The van der Waals surface area contributed by atoms with E-state index < -0.39 is 5.97 Å². The van der Waals surface area contributed by atoms with Gasteiger partial charge < -0.3 is 5.11 Å². The van der Waals surface area contributed by atoms with Crippen molar-refractivity contribution >= 4 is 33.7 Å². The van der Waals surface area contributed by atoms with Crippen LogP contribution in [0.1, 0.15) is 40.6 Å². The topological polar surface area (TPSA) is 63.1 Å². The van der Waals surface area contributed by atoms with E-state index in [1.807, 2.05) is 0 Å². The van der Waals surface area contributed by atoms with Crippen molar-refractivity contribution in [3.8, 4) is 0 Å². The average molecular weight is 329 g/mol.